The van der Waals surface area contributed by atoms with Gasteiger partial charge in [0.25, 0.3) is 5.69 Å². The Hall–Kier alpha value is -2.65. The lowest BCUT2D eigenvalue weighted by Gasteiger charge is -2.19. The van der Waals surface area contributed by atoms with E-state index >= 15 is 0 Å². The van der Waals surface area contributed by atoms with E-state index in [1.54, 1.807) is 12.3 Å². The van der Waals surface area contributed by atoms with Gasteiger partial charge >= 0.3 is 0 Å². The van der Waals surface area contributed by atoms with Crippen LogP contribution in [0, 0.1) is 10.1 Å². The quantitative estimate of drug-likeness (QED) is 0.277. The SMILES string of the molecule is Cn1cc([N+](=O)[O-])cc1C1=[N+](Cc2ccc(Br)cc2)CCc2cc3c(cc21)OCO3.[Br-]. The average Bonchev–Trinajstić information content (AvgIpc) is 3.34. The first kappa shape index (κ1) is 21.6. The molecule has 1 aromatic heterocycles. The number of benzene rings is 2. The van der Waals surface area contributed by atoms with Crippen LogP contribution in [0.15, 0.2) is 53.1 Å². The Labute approximate surface area is 198 Å². The summed E-state index contributed by atoms with van der Waals surface area (Å²) in [5.41, 5.74) is 5.20. The molecule has 0 unspecified atom stereocenters. The minimum Gasteiger partial charge on any atom is -1.00 e. The maximum absolute atomic E-state index is 11.4. The Morgan fingerprint density at radius 2 is 1.87 bits per heavy atom. The highest BCUT2D eigenvalue weighted by Crippen LogP contribution is 2.37. The standard InChI is InChI=1S/C22H19BrN3O4.BrH/c1-24-12-17(26(27)28)9-19(24)22-18-10-21-20(29-13-30-21)8-15(18)6-7-25(22)11-14-2-4-16(23)5-3-14;/h2-5,8-10,12H,6-7,11,13H2,1H3;1H/q+1;/p-1. The van der Waals surface area contributed by atoms with E-state index in [1.807, 2.05) is 35.9 Å². The molecule has 2 aromatic carbocycles. The van der Waals surface area contributed by atoms with Gasteiger partial charge in [-0.3, -0.25) is 10.1 Å². The summed E-state index contributed by atoms with van der Waals surface area (Å²) >= 11 is 3.48. The molecule has 9 heteroatoms. The summed E-state index contributed by atoms with van der Waals surface area (Å²) in [5, 5.41) is 11.4. The molecule has 0 bridgehead atoms. The van der Waals surface area contributed by atoms with Crippen LogP contribution in [0.4, 0.5) is 5.69 Å². The summed E-state index contributed by atoms with van der Waals surface area (Å²) in [5.74, 6) is 1.47. The molecule has 160 valence electrons. The molecule has 0 aliphatic carbocycles. The Morgan fingerprint density at radius 3 is 2.55 bits per heavy atom. The Balaban J connectivity index is 0.00000231. The fraction of sp³-hybridized carbons (Fsp3) is 0.227. The van der Waals surface area contributed by atoms with Crippen LogP contribution in [0.25, 0.3) is 0 Å². The van der Waals surface area contributed by atoms with Gasteiger partial charge < -0.3 is 31.0 Å². The molecule has 2 aliphatic heterocycles. The molecule has 0 fully saturated rings. The van der Waals surface area contributed by atoms with Crippen molar-refractivity contribution in [2.75, 3.05) is 13.3 Å². The van der Waals surface area contributed by atoms with Crippen LogP contribution < -0.4 is 26.5 Å². The summed E-state index contributed by atoms with van der Waals surface area (Å²) in [6.45, 7) is 1.72. The van der Waals surface area contributed by atoms with Crippen LogP contribution in [-0.2, 0) is 20.0 Å². The normalized spacial score (nSPS) is 14.3. The lowest BCUT2D eigenvalue weighted by Crippen LogP contribution is -3.00. The van der Waals surface area contributed by atoms with Gasteiger partial charge in [-0.1, -0.05) is 28.1 Å². The number of aryl methyl sites for hydroxylation is 1. The molecule has 0 atom stereocenters. The topological polar surface area (TPSA) is 69.5 Å². The van der Waals surface area contributed by atoms with Crippen molar-refractivity contribution < 1.29 is 36.0 Å². The molecule has 0 radical (unpaired) electrons. The van der Waals surface area contributed by atoms with Crippen LogP contribution in [0.2, 0.25) is 0 Å². The summed E-state index contributed by atoms with van der Waals surface area (Å²) in [4.78, 5) is 11.0. The number of hydrogen-bond donors (Lipinski definition) is 0. The third-order valence-corrected chi connectivity index (χ3v) is 6.08. The van der Waals surface area contributed by atoms with Crippen molar-refractivity contribution in [2.45, 2.75) is 13.0 Å². The number of nitrogens with zero attached hydrogens (tertiary/aromatic N) is 3. The van der Waals surface area contributed by atoms with Crippen molar-refractivity contribution in [3.8, 4) is 11.5 Å². The molecule has 0 N–H and O–H groups in total. The predicted molar refractivity (Wildman–Crippen MR) is 115 cm³/mol. The van der Waals surface area contributed by atoms with Crippen LogP contribution in [0.5, 0.6) is 11.5 Å². The molecule has 0 saturated carbocycles. The summed E-state index contributed by atoms with van der Waals surface area (Å²) in [6.07, 6.45) is 2.42. The number of hydrogen-bond acceptors (Lipinski definition) is 4. The Kier molecular flexibility index (Phi) is 5.90. The fourth-order valence-electron chi connectivity index (χ4n) is 4.10. The van der Waals surface area contributed by atoms with Gasteiger partial charge in [0.15, 0.2) is 18.0 Å². The second kappa shape index (κ2) is 8.47. The van der Waals surface area contributed by atoms with Crippen molar-refractivity contribution in [1.82, 2.24) is 4.57 Å². The van der Waals surface area contributed by atoms with Gasteiger partial charge in [0.1, 0.15) is 12.2 Å². The first-order valence-electron chi connectivity index (χ1n) is 9.60. The number of aromatic nitrogens is 1. The van der Waals surface area contributed by atoms with E-state index < -0.39 is 0 Å². The first-order valence-corrected chi connectivity index (χ1v) is 10.4. The van der Waals surface area contributed by atoms with E-state index in [1.165, 1.54) is 5.56 Å². The third-order valence-electron chi connectivity index (χ3n) is 5.55. The zero-order chi connectivity index (χ0) is 20.8. The highest BCUT2D eigenvalue weighted by molar-refractivity contribution is 9.10. The van der Waals surface area contributed by atoms with Crippen molar-refractivity contribution in [3.63, 3.8) is 0 Å². The van der Waals surface area contributed by atoms with Gasteiger partial charge in [0.05, 0.1) is 16.7 Å². The van der Waals surface area contributed by atoms with Crippen LogP contribution in [0.1, 0.15) is 22.4 Å². The number of halogens is 2. The Morgan fingerprint density at radius 1 is 1.16 bits per heavy atom. The van der Waals surface area contributed by atoms with E-state index in [0.717, 1.165) is 45.7 Å². The van der Waals surface area contributed by atoms with Gasteiger partial charge in [0, 0.05) is 29.6 Å². The maximum atomic E-state index is 11.4. The van der Waals surface area contributed by atoms with Crippen molar-refractivity contribution in [2.24, 2.45) is 7.05 Å². The molecular formula is C22H19Br2N3O4. The number of rotatable bonds is 4. The molecule has 2 aliphatic rings. The molecule has 7 nitrogen and oxygen atoms in total. The summed E-state index contributed by atoms with van der Waals surface area (Å²) < 4.78 is 16.3. The number of ether oxygens (including phenoxy) is 2. The lowest BCUT2D eigenvalue weighted by atomic mass is 9.93. The largest absolute Gasteiger partial charge is 1.00 e. The molecular weight excluding hydrogens is 530 g/mol. The van der Waals surface area contributed by atoms with Gasteiger partial charge in [-0.05, 0) is 29.8 Å². The van der Waals surface area contributed by atoms with E-state index in [9.17, 15) is 10.1 Å². The van der Waals surface area contributed by atoms with E-state index in [0.29, 0.717) is 12.3 Å². The molecule has 3 aromatic rings. The minimum atomic E-state index is -0.355. The second-order valence-electron chi connectivity index (χ2n) is 7.46. The van der Waals surface area contributed by atoms with Crippen molar-refractivity contribution >= 4 is 27.3 Å². The number of fused-ring (bicyclic) bond motifs is 2. The molecule has 0 saturated heterocycles. The first-order chi connectivity index (χ1) is 14.5. The molecule has 0 amide bonds. The highest BCUT2D eigenvalue weighted by atomic mass is 79.9. The number of nitro groups is 1. The van der Waals surface area contributed by atoms with Crippen LogP contribution >= 0.6 is 15.9 Å². The van der Waals surface area contributed by atoms with Gasteiger partial charge in [0.2, 0.25) is 12.5 Å². The van der Waals surface area contributed by atoms with Gasteiger partial charge in [-0.25, -0.2) is 4.58 Å². The lowest BCUT2D eigenvalue weighted by molar-refractivity contribution is -0.544. The van der Waals surface area contributed by atoms with E-state index in [2.05, 4.69) is 32.6 Å². The fourth-order valence-corrected chi connectivity index (χ4v) is 4.36. The van der Waals surface area contributed by atoms with Gasteiger partial charge in [-0.2, -0.15) is 0 Å². The summed E-state index contributed by atoms with van der Waals surface area (Å²) in [7, 11) is 1.84. The molecule has 0 spiro atoms. The van der Waals surface area contributed by atoms with Gasteiger partial charge in [-0.15, -0.1) is 0 Å². The van der Waals surface area contributed by atoms with E-state index in [4.69, 9.17) is 9.47 Å². The average molecular weight is 549 g/mol. The zero-order valence-corrected chi connectivity index (χ0v) is 19.8. The highest BCUT2D eigenvalue weighted by Gasteiger charge is 2.33. The minimum absolute atomic E-state index is 0. The predicted octanol–water partition coefficient (Wildman–Crippen LogP) is 1.03. The zero-order valence-electron chi connectivity index (χ0n) is 16.7. The molecule has 31 heavy (non-hydrogen) atoms. The molecule has 5 rings (SSSR count). The Bertz CT molecular complexity index is 1200. The van der Waals surface area contributed by atoms with Crippen molar-refractivity contribution in [3.05, 3.63) is 85.6 Å². The van der Waals surface area contributed by atoms with E-state index in [-0.39, 0.29) is 34.4 Å². The monoisotopic (exact) mass is 547 g/mol. The second-order valence-corrected chi connectivity index (χ2v) is 8.38. The van der Waals surface area contributed by atoms with Crippen LogP contribution in [-0.4, -0.2) is 33.1 Å². The summed E-state index contributed by atoms with van der Waals surface area (Å²) in [6, 6.07) is 13.9. The molecule has 3 heterocycles. The third kappa shape index (κ3) is 3.99. The smallest absolute Gasteiger partial charge is 0.287 e. The van der Waals surface area contributed by atoms with Crippen molar-refractivity contribution in [1.29, 1.82) is 0 Å². The maximum Gasteiger partial charge on any atom is 0.287 e. The van der Waals surface area contributed by atoms with Crippen LogP contribution in [0.3, 0.4) is 0 Å².